The van der Waals surface area contributed by atoms with Crippen molar-refractivity contribution in [1.29, 1.82) is 0 Å². The lowest BCUT2D eigenvalue weighted by atomic mass is 10.2. The molecule has 1 N–H and O–H groups in total. The van der Waals surface area contributed by atoms with Crippen LogP contribution in [0.3, 0.4) is 0 Å². The van der Waals surface area contributed by atoms with E-state index in [4.69, 9.17) is 0 Å². The van der Waals surface area contributed by atoms with Crippen molar-refractivity contribution < 1.29 is 13.2 Å². The molecule has 6 heteroatoms. The normalized spacial score (nSPS) is 12.3. The molecule has 0 aliphatic rings. The van der Waals surface area contributed by atoms with Gasteiger partial charge in [-0.3, -0.25) is 0 Å². The van der Waals surface area contributed by atoms with Crippen LogP contribution in [0, 0.1) is 10.5 Å². The first kappa shape index (κ1) is 10.7. The second kappa shape index (κ2) is 3.36. The summed E-state index contributed by atoms with van der Waals surface area (Å²) >= 11 is 1.68. The summed E-state index contributed by atoms with van der Waals surface area (Å²) in [5, 5.41) is 0. The third kappa shape index (κ3) is 1.95. The summed E-state index contributed by atoms with van der Waals surface area (Å²) in [6.07, 6.45) is -4.32. The number of hydrogen-bond donors (Lipinski definition) is 1. The topological polar surface area (TPSA) is 28.7 Å². The highest BCUT2D eigenvalue weighted by molar-refractivity contribution is 14.1. The summed E-state index contributed by atoms with van der Waals surface area (Å²) in [7, 11) is 0. The maximum Gasteiger partial charge on any atom is 0.417 e. The van der Waals surface area contributed by atoms with Crippen LogP contribution in [-0.2, 0) is 6.18 Å². The van der Waals surface area contributed by atoms with Crippen molar-refractivity contribution in [2.24, 2.45) is 0 Å². The van der Waals surface area contributed by atoms with Crippen molar-refractivity contribution in [2.45, 2.75) is 13.1 Å². The van der Waals surface area contributed by atoms with Crippen molar-refractivity contribution >= 4 is 33.6 Å². The minimum Gasteiger partial charge on any atom is -0.342 e. The molecule has 1 aromatic heterocycles. The van der Waals surface area contributed by atoms with E-state index in [0.29, 0.717) is 16.9 Å². The van der Waals surface area contributed by atoms with Crippen LogP contribution in [-0.4, -0.2) is 9.97 Å². The van der Waals surface area contributed by atoms with Crippen molar-refractivity contribution in [2.75, 3.05) is 0 Å². The number of aromatic amines is 1. The third-order valence-electron chi connectivity index (χ3n) is 1.99. The Morgan fingerprint density at radius 3 is 2.60 bits per heavy atom. The van der Waals surface area contributed by atoms with Crippen molar-refractivity contribution in [3.8, 4) is 0 Å². The van der Waals surface area contributed by atoms with Gasteiger partial charge in [0, 0.05) is 3.57 Å². The molecule has 80 valence electrons. The zero-order valence-corrected chi connectivity index (χ0v) is 9.77. The van der Waals surface area contributed by atoms with E-state index < -0.39 is 11.7 Å². The highest BCUT2D eigenvalue weighted by atomic mass is 127. The average molecular weight is 326 g/mol. The van der Waals surface area contributed by atoms with E-state index in [9.17, 15) is 13.2 Å². The fourth-order valence-corrected chi connectivity index (χ4v) is 2.15. The quantitative estimate of drug-likeness (QED) is 0.738. The van der Waals surface area contributed by atoms with Gasteiger partial charge in [-0.1, -0.05) is 0 Å². The van der Waals surface area contributed by atoms with E-state index >= 15 is 0 Å². The maximum absolute atomic E-state index is 12.5. The van der Waals surface area contributed by atoms with Gasteiger partial charge in [-0.15, -0.1) is 0 Å². The summed E-state index contributed by atoms with van der Waals surface area (Å²) in [6, 6.07) is 2.53. The summed E-state index contributed by atoms with van der Waals surface area (Å²) in [5.74, 6) is 0.611. The Bertz CT molecular complexity index is 516. The van der Waals surface area contributed by atoms with Gasteiger partial charge < -0.3 is 4.98 Å². The van der Waals surface area contributed by atoms with E-state index in [2.05, 4.69) is 9.97 Å². The van der Waals surface area contributed by atoms with Crippen LogP contribution in [0.4, 0.5) is 13.2 Å². The standard InChI is InChI=1S/C9H6F3IN2/c1-4-14-7-2-5(9(10,11)12)6(13)3-8(7)15-4/h2-3H,1H3,(H,14,15). The second-order valence-corrected chi connectivity index (χ2v) is 4.33. The molecular formula is C9H6F3IN2. The largest absolute Gasteiger partial charge is 0.417 e. The summed E-state index contributed by atoms with van der Waals surface area (Å²) in [4.78, 5) is 6.86. The lowest BCUT2D eigenvalue weighted by Crippen LogP contribution is -2.07. The molecular weight excluding hydrogens is 320 g/mol. The molecule has 1 heterocycles. The molecule has 0 unspecified atom stereocenters. The van der Waals surface area contributed by atoms with E-state index in [1.54, 1.807) is 29.5 Å². The van der Waals surface area contributed by atoms with Gasteiger partial charge in [0.05, 0.1) is 16.6 Å². The van der Waals surface area contributed by atoms with Crippen molar-refractivity contribution in [1.82, 2.24) is 9.97 Å². The molecule has 0 saturated carbocycles. The fourth-order valence-electron chi connectivity index (χ4n) is 1.38. The smallest absolute Gasteiger partial charge is 0.342 e. The van der Waals surface area contributed by atoms with Gasteiger partial charge in [0.2, 0.25) is 0 Å². The molecule has 2 rings (SSSR count). The molecule has 0 aliphatic heterocycles. The van der Waals surface area contributed by atoms with Gasteiger partial charge in [0.15, 0.2) is 0 Å². The van der Waals surface area contributed by atoms with Crippen LogP contribution in [0.15, 0.2) is 12.1 Å². The van der Waals surface area contributed by atoms with Gasteiger partial charge in [-0.2, -0.15) is 13.2 Å². The van der Waals surface area contributed by atoms with Gasteiger partial charge in [-0.05, 0) is 41.6 Å². The minimum atomic E-state index is -4.32. The number of imidazole rings is 1. The lowest BCUT2D eigenvalue weighted by molar-refractivity contribution is -0.138. The number of nitrogens with zero attached hydrogens (tertiary/aromatic N) is 1. The summed E-state index contributed by atoms with van der Waals surface area (Å²) in [5.41, 5.74) is 0.340. The van der Waals surface area contributed by atoms with Crippen LogP contribution in [0.2, 0.25) is 0 Å². The zero-order chi connectivity index (χ0) is 11.2. The fraction of sp³-hybridized carbons (Fsp3) is 0.222. The zero-order valence-electron chi connectivity index (χ0n) is 7.61. The average Bonchev–Trinajstić information content (AvgIpc) is 2.40. The molecule has 0 bridgehead atoms. The minimum absolute atomic E-state index is 0.177. The Morgan fingerprint density at radius 1 is 1.33 bits per heavy atom. The lowest BCUT2D eigenvalue weighted by Gasteiger charge is -2.08. The predicted molar refractivity (Wildman–Crippen MR) is 58.5 cm³/mol. The van der Waals surface area contributed by atoms with Crippen LogP contribution >= 0.6 is 22.6 Å². The number of H-pyrrole nitrogens is 1. The number of rotatable bonds is 0. The molecule has 0 radical (unpaired) electrons. The molecule has 0 fully saturated rings. The molecule has 0 saturated heterocycles. The molecule has 15 heavy (non-hydrogen) atoms. The van der Waals surface area contributed by atoms with E-state index in [0.717, 1.165) is 6.07 Å². The maximum atomic E-state index is 12.5. The van der Waals surface area contributed by atoms with E-state index in [1.165, 1.54) is 6.07 Å². The van der Waals surface area contributed by atoms with Gasteiger partial charge in [-0.25, -0.2) is 4.98 Å². The molecule has 0 spiro atoms. The SMILES string of the molecule is Cc1nc2cc(C(F)(F)F)c(I)cc2[nH]1. The highest BCUT2D eigenvalue weighted by Crippen LogP contribution is 2.34. The van der Waals surface area contributed by atoms with Gasteiger partial charge in [0.25, 0.3) is 0 Å². The highest BCUT2D eigenvalue weighted by Gasteiger charge is 2.33. The Hall–Kier alpha value is -0.790. The number of aryl methyl sites for hydroxylation is 1. The predicted octanol–water partition coefficient (Wildman–Crippen LogP) is 3.49. The Balaban J connectivity index is 2.72. The number of hydrogen-bond acceptors (Lipinski definition) is 1. The Labute approximate surface area is 97.0 Å². The molecule has 2 nitrogen and oxygen atoms in total. The second-order valence-electron chi connectivity index (χ2n) is 3.17. The molecule has 1 aromatic carbocycles. The van der Waals surface area contributed by atoms with Gasteiger partial charge >= 0.3 is 6.18 Å². The van der Waals surface area contributed by atoms with Crippen LogP contribution in [0.5, 0.6) is 0 Å². The summed E-state index contributed by atoms with van der Waals surface area (Å²) < 4.78 is 37.8. The monoisotopic (exact) mass is 326 g/mol. The third-order valence-corrected chi connectivity index (χ3v) is 2.89. The number of alkyl halides is 3. The number of benzene rings is 1. The molecule has 2 aromatic rings. The van der Waals surface area contributed by atoms with E-state index in [-0.39, 0.29) is 3.57 Å². The van der Waals surface area contributed by atoms with Crippen LogP contribution in [0.1, 0.15) is 11.4 Å². The van der Waals surface area contributed by atoms with Crippen LogP contribution in [0.25, 0.3) is 11.0 Å². The van der Waals surface area contributed by atoms with Gasteiger partial charge in [0.1, 0.15) is 5.82 Å². The molecule has 0 amide bonds. The number of aromatic nitrogens is 2. The number of halogens is 4. The molecule has 0 aliphatic carbocycles. The van der Waals surface area contributed by atoms with Crippen LogP contribution < -0.4 is 0 Å². The van der Waals surface area contributed by atoms with E-state index in [1.807, 2.05) is 0 Å². The number of fused-ring (bicyclic) bond motifs is 1. The Kier molecular flexibility index (Phi) is 2.40. The first-order chi connectivity index (χ1) is 6.88. The van der Waals surface area contributed by atoms with Crippen molar-refractivity contribution in [3.05, 3.63) is 27.1 Å². The first-order valence-electron chi connectivity index (χ1n) is 4.11. The molecule has 0 atom stereocenters. The Morgan fingerprint density at radius 2 is 2.00 bits per heavy atom. The number of nitrogens with one attached hydrogen (secondary N) is 1. The van der Waals surface area contributed by atoms with Crippen molar-refractivity contribution in [3.63, 3.8) is 0 Å². The first-order valence-corrected chi connectivity index (χ1v) is 5.19. The summed E-state index contributed by atoms with van der Waals surface area (Å²) in [6.45, 7) is 1.71.